The van der Waals surface area contributed by atoms with Crippen LogP contribution in [0.5, 0.6) is 11.5 Å². The first-order chi connectivity index (χ1) is 21.1. The van der Waals surface area contributed by atoms with Gasteiger partial charge in [-0.3, -0.25) is 19.3 Å². The van der Waals surface area contributed by atoms with Crippen molar-refractivity contribution in [3.8, 4) is 11.5 Å². The van der Waals surface area contributed by atoms with Crippen LogP contribution in [-0.4, -0.2) is 35.3 Å². The van der Waals surface area contributed by atoms with E-state index in [0.29, 0.717) is 25.7 Å². The number of rotatable bonds is 3. The summed E-state index contributed by atoms with van der Waals surface area (Å²) in [7, 11) is 0. The topological polar surface area (TPSA) is 64.0 Å². The van der Waals surface area contributed by atoms with Crippen molar-refractivity contribution in [3.05, 3.63) is 123 Å². The van der Waals surface area contributed by atoms with Gasteiger partial charge < -0.3 is 14.4 Å². The van der Waals surface area contributed by atoms with Gasteiger partial charge in [0.2, 0.25) is 5.43 Å². The van der Waals surface area contributed by atoms with Crippen LogP contribution in [0, 0.1) is 5.92 Å². The van der Waals surface area contributed by atoms with Gasteiger partial charge in [0.25, 0.3) is 5.91 Å². The lowest BCUT2D eigenvalue weighted by molar-refractivity contribution is 0.0671. The van der Waals surface area contributed by atoms with Crippen molar-refractivity contribution in [1.29, 1.82) is 0 Å². The highest BCUT2D eigenvalue weighted by Crippen LogP contribution is 2.46. The standard InChI is InChI=1S/C35H35N3O4S/c1-24-9-8-18-36-23-38(37-19-16-28(39)34(33(37)35(36)40)42-21-25-10-3-2-4-11-25)32-27-13-5-6-15-30(27)43-22-26-12-7-14-29(31(26)32)41-20-17-24/h2-7,10-16,19,24,32H,8-9,17-18,20-23H2,1H3. The Balaban J connectivity index is 1.43. The van der Waals surface area contributed by atoms with Crippen molar-refractivity contribution in [2.75, 3.05) is 24.8 Å². The summed E-state index contributed by atoms with van der Waals surface area (Å²) in [5.74, 6) is 2.06. The van der Waals surface area contributed by atoms with E-state index in [0.717, 1.165) is 47.5 Å². The second-order valence-electron chi connectivity index (χ2n) is 11.6. The van der Waals surface area contributed by atoms with Gasteiger partial charge in [-0.2, -0.15) is 0 Å². The smallest absolute Gasteiger partial charge is 0.277 e. The number of benzene rings is 3. The molecule has 4 heterocycles. The third-order valence-corrected chi connectivity index (χ3v) is 9.80. The van der Waals surface area contributed by atoms with Crippen molar-refractivity contribution >= 4 is 17.7 Å². The van der Waals surface area contributed by atoms with Gasteiger partial charge in [-0.1, -0.05) is 67.6 Å². The molecule has 3 aliphatic rings. The molecule has 2 atom stereocenters. The molecule has 220 valence electrons. The number of fused-ring (bicyclic) bond motifs is 7. The first kappa shape index (κ1) is 27.7. The second kappa shape index (κ2) is 11.8. The Bertz CT molecular complexity index is 1710. The zero-order chi connectivity index (χ0) is 29.3. The molecule has 8 heteroatoms. The van der Waals surface area contributed by atoms with Gasteiger partial charge in [-0.05, 0) is 54.0 Å². The molecule has 7 nitrogen and oxygen atoms in total. The largest absolute Gasteiger partial charge is 0.493 e. The first-order valence-electron chi connectivity index (χ1n) is 15.0. The molecular formula is C35H35N3O4S. The maximum Gasteiger partial charge on any atom is 0.277 e. The molecule has 0 saturated carbocycles. The van der Waals surface area contributed by atoms with Gasteiger partial charge >= 0.3 is 0 Å². The number of pyridine rings is 1. The lowest BCUT2D eigenvalue weighted by Gasteiger charge is -2.44. The molecule has 1 aromatic heterocycles. The van der Waals surface area contributed by atoms with E-state index in [1.54, 1.807) is 6.20 Å². The van der Waals surface area contributed by atoms with Crippen LogP contribution in [-0.2, 0) is 12.4 Å². The van der Waals surface area contributed by atoms with Gasteiger partial charge in [0.15, 0.2) is 11.4 Å². The molecule has 0 spiro atoms. The fourth-order valence-corrected chi connectivity index (χ4v) is 7.46. The molecule has 43 heavy (non-hydrogen) atoms. The fourth-order valence-electron chi connectivity index (χ4n) is 6.38. The highest BCUT2D eigenvalue weighted by atomic mass is 32.2. The van der Waals surface area contributed by atoms with E-state index >= 15 is 0 Å². The van der Waals surface area contributed by atoms with E-state index in [2.05, 4.69) is 54.4 Å². The monoisotopic (exact) mass is 593 g/mol. The van der Waals surface area contributed by atoms with Crippen LogP contribution >= 0.6 is 11.8 Å². The van der Waals surface area contributed by atoms with Crippen molar-refractivity contribution in [3.63, 3.8) is 0 Å². The molecule has 0 saturated heterocycles. The molecule has 0 radical (unpaired) electrons. The van der Waals surface area contributed by atoms with Crippen LogP contribution in [0.25, 0.3) is 0 Å². The predicted octanol–water partition coefficient (Wildman–Crippen LogP) is 6.37. The van der Waals surface area contributed by atoms with Crippen LogP contribution < -0.4 is 19.9 Å². The SMILES string of the molecule is CC1CCCN2CN(C3c4ccccc4SCc4cccc(c43)OCC1)n1ccc(=O)c(OCc3ccccc3)c1C2=O. The Labute approximate surface area is 256 Å². The van der Waals surface area contributed by atoms with Crippen molar-refractivity contribution in [1.82, 2.24) is 9.58 Å². The molecule has 3 aliphatic heterocycles. The minimum atomic E-state index is -0.301. The molecule has 0 N–H and O–H groups in total. The Morgan fingerprint density at radius 2 is 1.79 bits per heavy atom. The molecule has 1 amide bonds. The maximum atomic E-state index is 14.2. The number of amides is 1. The molecule has 3 aromatic carbocycles. The van der Waals surface area contributed by atoms with Crippen LogP contribution in [0.2, 0.25) is 0 Å². The van der Waals surface area contributed by atoms with E-state index in [1.165, 1.54) is 16.5 Å². The highest BCUT2D eigenvalue weighted by Gasteiger charge is 2.40. The lowest BCUT2D eigenvalue weighted by atomic mass is 9.93. The third kappa shape index (κ3) is 5.29. The molecule has 4 aromatic rings. The summed E-state index contributed by atoms with van der Waals surface area (Å²) in [4.78, 5) is 30.7. The Morgan fingerprint density at radius 3 is 2.67 bits per heavy atom. The zero-order valence-corrected chi connectivity index (χ0v) is 25.1. The number of nitrogens with zero attached hydrogens (tertiary/aromatic N) is 3. The summed E-state index contributed by atoms with van der Waals surface area (Å²) in [5, 5.41) is 2.21. The van der Waals surface area contributed by atoms with E-state index in [9.17, 15) is 9.59 Å². The van der Waals surface area contributed by atoms with Crippen LogP contribution in [0.1, 0.15) is 65.0 Å². The number of ether oxygens (including phenoxy) is 2. The average molecular weight is 594 g/mol. The van der Waals surface area contributed by atoms with Crippen LogP contribution in [0.15, 0.2) is 94.7 Å². The van der Waals surface area contributed by atoms with Crippen molar-refractivity contribution < 1.29 is 14.3 Å². The lowest BCUT2D eigenvalue weighted by Crippen LogP contribution is -2.56. The first-order valence-corrected chi connectivity index (χ1v) is 16.0. The molecule has 0 fully saturated rings. The summed E-state index contributed by atoms with van der Waals surface area (Å²) in [6.45, 7) is 4.06. The van der Waals surface area contributed by atoms with E-state index in [-0.39, 0.29) is 35.4 Å². The number of hydrogen-bond donors (Lipinski definition) is 0. The minimum Gasteiger partial charge on any atom is -0.493 e. The Morgan fingerprint density at radius 1 is 0.953 bits per heavy atom. The van der Waals surface area contributed by atoms with Gasteiger partial charge in [-0.15, -0.1) is 11.8 Å². The van der Waals surface area contributed by atoms with Gasteiger partial charge in [0, 0.05) is 35.0 Å². The summed E-state index contributed by atoms with van der Waals surface area (Å²) < 4.78 is 14.6. The van der Waals surface area contributed by atoms with Gasteiger partial charge in [-0.25, -0.2) is 0 Å². The van der Waals surface area contributed by atoms with Crippen molar-refractivity contribution in [2.24, 2.45) is 5.92 Å². The quantitative estimate of drug-likeness (QED) is 0.275. The number of hydrogen-bond acceptors (Lipinski definition) is 6. The molecule has 7 rings (SSSR count). The third-order valence-electron chi connectivity index (χ3n) is 8.66. The van der Waals surface area contributed by atoms with Gasteiger partial charge in [0.05, 0.1) is 6.61 Å². The van der Waals surface area contributed by atoms with Gasteiger partial charge in [0.1, 0.15) is 25.1 Å². The normalized spacial score (nSPS) is 19.8. The molecule has 2 unspecified atom stereocenters. The van der Waals surface area contributed by atoms with Crippen LogP contribution in [0.4, 0.5) is 0 Å². The number of carbonyl (C=O) groups excluding carboxylic acids is 1. The summed E-state index contributed by atoms with van der Waals surface area (Å²) in [6.07, 6.45) is 4.53. The summed E-state index contributed by atoms with van der Waals surface area (Å²) in [5.41, 5.74) is 4.36. The predicted molar refractivity (Wildman–Crippen MR) is 168 cm³/mol. The average Bonchev–Trinajstić information content (AvgIpc) is 3.19. The number of carbonyl (C=O) groups is 1. The van der Waals surface area contributed by atoms with E-state index in [4.69, 9.17) is 9.47 Å². The maximum absolute atomic E-state index is 14.2. The molecule has 2 bridgehead atoms. The number of aromatic nitrogens is 1. The zero-order valence-electron chi connectivity index (χ0n) is 24.3. The fraction of sp³-hybridized carbons (Fsp3) is 0.314. The Hall–Kier alpha value is -4.17. The minimum absolute atomic E-state index is 0.0878. The highest BCUT2D eigenvalue weighted by molar-refractivity contribution is 7.98. The van der Waals surface area contributed by atoms with Crippen molar-refractivity contribution in [2.45, 2.75) is 49.5 Å². The molecular weight excluding hydrogens is 558 g/mol. The van der Waals surface area contributed by atoms with E-state index in [1.807, 2.05) is 51.7 Å². The summed E-state index contributed by atoms with van der Waals surface area (Å²) >= 11 is 1.82. The summed E-state index contributed by atoms with van der Waals surface area (Å²) in [6, 6.07) is 25.8. The molecule has 0 aliphatic carbocycles. The van der Waals surface area contributed by atoms with Crippen LogP contribution in [0.3, 0.4) is 0 Å². The second-order valence-corrected chi connectivity index (χ2v) is 12.6. The number of thioether (sulfide) groups is 1. The van der Waals surface area contributed by atoms with E-state index < -0.39 is 0 Å². The Kier molecular flexibility index (Phi) is 7.61.